The molecule has 51 heavy (non-hydrogen) atoms. The van der Waals surface area contributed by atoms with E-state index in [1.165, 1.54) is 21.4 Å². The molecule has 0 saturated carbocycles. The lowest BCUT2D eigenvalue weighted by molar-refractivity contribution is -0.137. The summed E-state index contributed by atoms with van der Waals surface area (Å²) in [5.41, 5.74) is 3.08. The first-order valence-electron chi connectivity index (χ1n) is 16.0. The smallest absolute Gasteiger partial charge is 0.412 e. The highest BCUT2D eigenvalue weighted by atomic mass is 16.5. The molecule has 0 spiro atoms. The minimum atomic E-state index is -0.941. The molecule has 2 aliphatic heterocycles. The second-order valence-corrected chi connectivity index (χ2v) is 12.0. The molecule has 2 unspecified atom stereocenters. The number of hydrogen-bond donors (Lipinski definition) is 6. The number of benzene rings is 2. The van der Waals surface area contributed by atoms with Crippen LogP contribution in [-0.2, 0) is 30.5 Å². The molecule has 5 amide bonds. The normalized spacial score (nSPS) is 18.0. The maximum atomic E-state index is 13.7. The third-order valence-corrected chi connectivity index (χ3v) is 8.69. The van der Waals surface area contributed by atoms with Crippen molar-refractivity contribution >= 4 is 57.2 Å². The number of aromatic nitrogens is 4. The number of rotatable bonds is 9. The number of hydrazine groups is 1. The van der Waals surface area contributed by atoms with Gasteiger partial charge in [-0.3, -0.25) is 59.7 Å². The monoisotopic (exact) mass is 698 g/mol. The van der Waals surface area contributed by atoms with Crippen molar-refractivity contribution in [3.8, 4) is 0 Å². The standard InChI is InChI=1S/C33H34N10O8/c1-16-36-20-6-3-5-18(27(20)31(48)42(16)23-9-11-25(44)39-29(23)46)13-35-14-19(41-34)15-51-33(50)38-22-8-4-7-21-28(22)32(49)43(17(2)37-21)24-10-12-26(45)40-30(24)47/h3-8,14,23-24,35,41H,9-13,15,34H2,1-2H3,(H,38,50)(H,39,44,46)(H,40,45,47)/b19-14-. The van der Waals surface area contributed by atoms with Gasteiger partial charge in [0.15, 0.2) is 0 Å². The Kier molecular flexibility index (Phi) is 9.59. The first-order chi connectivity index (χ1) is 24.5. The van der Waals surface area contributed by atoms with Crippen LogP contribution in [0.1, 0.15) is 55.0 Å². The molecular weight excluding hydrogens is 664 g/mol. The molecule has 2 saturated heterocycles. The number of hydrogen-bond acceptors (Lipinski definition) is 13. The zero-order valence-corrected chi connectivity index (χ0v) is 27.6. The summed E-state index contributed by atoms with van der Waals surface area (Å²) in [7, 11) is 0. The van der Waals surface area contributed by atoms with Crippen molar-refractivity contribution < 1.29 is 28.7 Å². The van der Waals surface area contributed by atoms with Gasteiger partial charge in [0.05, 0.1) is 33.2 Å². The Bertz CT molecular complexity index is 2280. The van der Waals surface area contributed by atoms with Gasteiger partial charge in [0.25, 0.3) is 11.1 Å². The summed E-state index contributed by atoms with van der Waals surface area (Å²) < 4.78 is 7.85. The van der Waals surface area contributed by atoms with Crippen LogP contribution in [-0.4, -0.2) is 55.4 Å². The first kappa shape index (κ1) is 34.4. The lowest BCUT2D eigenvalue weighted by Gasteiger charge is -2.24. The number of carbonyl (C=O) groups excluding carboxylic acids is 5. The van der Waals surface area contributed by atoms with Gasteiger partial charge in [-0.15, -0.1) is 0 Å². The molecule has 6 rings (SSSR count). The Balaban J connectivity index is 1.15. The predicted octanol–water partition coefficient (Wildman–Crippen LogP) is 0.322. The number of carbonyl (C=O) groups is 5. The minimum absolute atomic E-state index is 0.0515. The maximum Gasteiger partial charge on any atom is 0.412 e. The molecule has 0 bridgehead atoms. The molecule has 2 fully saturated rings. The number of imide groups is 2. The van der Waals surface area contributed by atoms with E-state index in [9.17, 15) is 33.6 Å². The molecule has 0 aliphatic carbocycles. The lowest BCUT2D eigenvalue weighted by Crippen LogP contribution is -2.45. The van der Waals surface area contributed by atoms with Crippen molar-refractivity contribution in [2.75, 3.05) is 11.9 Å². The highest BCUT2D eigenvalue weighted by Gasteiger charge is 2.32. The van der Waals surface area contributed by atoms with Crippen LogP contribution in [0.25, 0.3) is 21.8 Å². The third-order valence-electron chi connectivity index (χ3n) is 8.69. The first-order valence-corrected chi connectivity index (χ1v) is 16.0. The van der Waals surface area contributed by atoms with Gasteiger partial charge in [0.2, 0.25) is 23.6 Å². The van der Waals surface area contributed by atoms with Gasteiger partial charge in [-0.05, 0) is 50.5 Å². The number of amides is 5. The number of aryl methyl sites for hydroxylation is 2. The van der Waals surface area contributed by atoms with Crippen LogP contribution in [0.3, 0.4) is 0 Å². The van der Waals surface area contributed by atoms with E-state index in [1.54, 1.807) is 44.2 Å². The van der Waals surface area contributed by atoms with Crippen molar-refractivity contribution in [2.24, 2.45) is 5.84 Å². The second-order valence-electron chi connectivity index (χ2n) is 12.0. The van der Waals surface area contributed by atoms with Gasteiger partial charge in [-0.25, -0.2) is 14.8 Å². The zero-order valence-electron chi connectivity index (χ0n) is 27.6. The van der Waals surface area contributed by atoms with Crippen molar-refractivity contribution in [2.45, 2.75) is 58.2 Å². The van der Waals surface area contributed by atoms with Gasteiger partial charge >= 0.3 is 6.09 Å². The summed E-state index contributed by atoms with van der Waals surface area (Å²) in [5, 5.41) is 10.4. The van der Waals surface area contributed by atoms with Crippen LogP contribution in [0.5, 0.6) is 0 Å². The largest absolute Gasteiger partial charge is 0.443 e. The second kappa shape index (κ2) is 14.2. The predicted molar refractivity (Wildman–Crippen MR) is 182 cm³/mol. The van der Waals surface area contributed by atoms with E-state index in [1.807, 2.05) is 0 Å². The van der Waals surface area contributed by atoms with E-state index in [0.29, 0.717) is 22.3 Å². The highest BCUT2D eigenvalue weighted by molar-refractivity contribution is 6.01. The summed E-state index contributed by atoms with van der Waals surface area (Å²) in [4.78, 5) is 97.6. The summed E-state index contributed by atoms with van der Waals surface area (Å²) in [6.45, 7) is 3.02. The summed E-state index contributed by atoms with van der Waals surface area (Å²) in [6.07, 6.45) is 1.01. The van der Waals surface area contributed by atoms with Gasteiger partial charge in [-0.1, -0.05) is 18.2 Å². The Morgan fingerprint density at radius 3 is 1.98 bits per heavy atom. The van der Waals surface area contributed by atoms with E-state index in [-0.39, 0.29) is 66.9 Å². The van der Waals surface area contributed by atoms with Gasteiger partial charge in [-0.2, -0.15) is 0 Å². The third kappa shape index (κ3) is 6.89. The highest BCUT2D eigenvalue weighted by Crippen LogP contribution is 2.24. The fourth-order valence-electron chi connectivity index (χ4n) is 6.32. The fourth-order valence-corrected chi connectivity index (χ4v) is 6.32. The average Bonchev–Trinajstić information content (AvgIpc) is 3.08. The minimum Gasteiger partial charge on any atom is -0.443 e. The van der Waals surface area contributed by atoms with Crippen LogP contribution in [0, 0.1) is 13.8 Å². The molecule has 0 radical (unpaired) electrons. The van der Waals surface area contributed by atoms with Crippen molar-refractivity contribution in [1.29, 1.82) is 0 Å². The van der Waals surface area contributed by atoms with E-state index in [4.69, 9.17) is 10.6 Å². The zero-order chi connectivity index (χ0) is 36.4. The van der Waals surface area contributed by atoms with Gasteiger partial charge in [0.1, 0.15) is 30.3 Å². The molecule has 18 nitrogen and oxygen atoms in total. The van der Waals surface area contributed by atoms with Gasteiger partial charge < -0.3 is 15.5 Å². The van der Waals surface area contributed by atoms with Crippen molar-refractivity contribution in [3.05, 3.63) is 86.2 Å². The molecule has 2 aromatic carbocycles. The van der Waals surface area contributed by atoms with Crippen LogP contribution in [0.2, 0.25) is 0 Å². The number of ether oxygens (including phenoxy) is 1. The molecule has 2 aliphatic rings. The lowest BCUT2D eigenvalue weighted by atomic mass is 10.0. The summed E-state index contributed by atoms with van der Waals surface area (Å²) in [6, 6.07) is 8.03. The van der Waals surface area contributed by atoms with Crippen LogP contribution < -0.4 is 43.7 Å². The quantitative estimate of drug-likeness (QED) is 0.0784. The maximum absolute atomic E-state index is 13.7. The molecule has 2 atom stereocenters. The summed E-state index contributed by atoms with van der Waals surface area (Å²) in [5.74, 6) is 4.29. The van der Waals surface area contributed by atoms with Crippen LogP contribution >= 0.6 is 0 Å². The van der Waals surface area contributed by atoms with Crippen LogP contribution in [0.4, 0.5) is 10.5 Å². The van der Waals surface area contributed by atoms with Crippen LogP contribution in [0.15, 0.2) is 57.9 Å². The number of anilines is 1. The molecule has 18 heteroatoms. The van der Waals surface area contributed by atoms with E-state index >= 15 is 0 Å². The van der Waals surface area contributed by atoms with Crippen molar-refractivity contribution in [3.63, 3.8) is 0 Å². The molecular formula is C33H34N10O8. The van der Waals surface area contributed by atoms with Gasteiger partial charge in [0, 0.05) is 25.6 Å². The molecule has 2 aromatic heterocycles. The summed E-state index contributed by atoms with van der Waals surface area (Å²) >= 11 is 0. The Hall–Kier alpha value is -6.43. The number of piperidine rings is 2. The number of nitrogens with two attached hydrogens (primary N) is 1. The molecule has 4 aromatic rings. The number of nitrogens with one attached hydrogen (secondary N) is 5. The molecule has 4 heterocycles. The fraction of sp³-hybridized carbons (Fsp3) is 0.303. The topological polar surface area (TPSA) is 251 Å². The number of fused-ring (bicyclic) bond motifs is 2. The molecule has 264 valence electrons. The van der Waals surface area contributed by atoms with E-state index < -0.39 is 52.9 Å². The van der Waals surface area contributed by atoms with E-state index in [0.717, 1.165) is 0 Å². The average molecular weight is 699 g/mol. The molecule has 7 N–H and O–H groups in total. The number of nitrogens with zero attached hydrogens (tertiary/aromatic N) is 4. The Morgan fingerprint density at radius 2 is 1.41 bits per heavy atom. The van der Waals surface area contributed by atoms with Crippen molar-refractivity contribution in [1.82, 2.24) is 40.5 Å². The Labute approximate surface area is 288 Å². The van der Waals surface area contributed by atoms with E-state index in [2.05, 4.69) is 36.7 Å². The SMILES string of the molecule is Cc1nc2cccc(CN/C=C(/COC(=O)Nc3cccc4nc(C)n(C5CCC(=O)NC5=O)c(=O)c34)NN)c2c(=O)n1C1CCC(=O)NC1=O. The Morgan fingerprint density at radius 1 is 0.863 bits per heavy atom.